The molecule has 0 aromatic rings. The van der Waals surface area contributed by atoms with Crippen LogP contribution < -0.4 is 10.6 Å². The number of carbonyl (C=O) groups excluding carboxylic acids is 1. The van der Waals surface area contributed by atoms with E-state index in [1.165, 1.54) is 0 Å². The van der Waals surface area contributed by atoms with Gasteiger partial charge in [0.1, 0.15) is 6.61 Å². The van der Waals surface area contributed by atoms with Crippen molar-refractivity contribution in [2.45, 2.75) is 32.6 Å². The van der Waals surface area contributed by atoms with Gasteiger partial charge in [0, 0.05) is 19.5 Å². The highest BCUT2D eigenvalue weighted by Gasteiger charge is 2.26. The van der Waals surface area contributed by atoms with E-state index in [9.17, 15) is 13.6 Å². The molecule has 1 atom stereocenters. The minimum Gasteiger partial charge on any atom is -0.375 e. The number of alkyl halides is 2. The van der Waals surface area contributed by atoms with Crippen molar-refractivity contribution in [2.24, 2.45) is 5.41 Å². The lowest BCUT2D eigenvalue weighted by Crippen LogP contribution is -2.45. The van der Waals surface area contributed by atoms with Gasteiger partial charge in [-0.3, -0.25) is 4.79 Å². The fourth-order valence-corrected chi connectivity index (χ4v) is 2.01. The Kier molecular flexibility index (Phi) is 9.22. The maximum Gasteiger partial charge on any atom is 0.261 e. The van der Waals surface area contributed by atoms with E-state index in [2.05, 4.69) is 22.3 Å². The van der Waals surface area contributed by atoms with E-state index >= 15 is 0 Å². The highest BCUT2D eigenvalue weighted by molar-refractivity contribution is 5.85. The van der Waals surface area contributed by atoms with Crippen molar-refractivity contribution in [3.8, 4) is 0 Å². The van der Waals surface area contributed by atoms with Crippen LogP contribution in [0.1, 0.15) is 26.2 Å². The average molecular weight is 301 g/mol. The number of nitrogens with one attached hydrogen (secondary N) is 2. The summed E-state index contributed by atoms with van der Waals surface area (Å²) in [6.07, 6.45) is -0.136. The SMILES string of the molecule is CC1(CNC(=O)CCOCC(F)F)CCCNC1.Cl. The van der Waals surface area contributed by atoms with Crippen LogP contribution in [0.25, 0.3) is 0 Å². The Morgan fingerprint density at radius 2 is 2.26 bits per heavy atom. The molecule has 114 valence electrons. The van der Waals surface area contributed by atoms with Crippen LogP contribution in [-0.4, -0.2) is 45.2 Å². The maximum absolute atomic E-state index is 11.8. The molecule has 0 aliphatic carbocycles. The van der Waals surface area contributed by atoms with Gasteiger partial charge in [-0.15, -0.1) is 12.4 Å². The average Bonchev–Trinajstić information content (AvgIpc) is 2.33. The molecule has 1 saturated heterocycles. The molecule has 0 bridgehead atoms. The van der Waals surface area contributed by atoms with Gasteiger partial charge in [0.15, 0.2) is 0 Å². The van der Waals surface area contributed by atoms with Gasteiger partial charge >= 0.3 is 0 Å². The van der Waals surface area contributed by atoms with Crippen molar-refractivity contribution in [3.63, 3.8) is 0 Å². The van der Waals surface area contributed by atoms with E-state index in [1.807, 2.05) is 0 Å². The lowest BCUT2D eigenvalue weighted by molar-refractivity contribution is -0.123. The van der Waals surface area contributed by atoms with Crippen LogP contribution >= 0.6 is 12.4 Å². The molecule has 7 heteroatoms. The maximum atomic E-state index is 11.8. The molecule has 0 saturated carbocycles. The fraction of sp³-hybridized carbons (Fsp3) is 0.917. The van der Waals surface area contributed by atoms with Crippen molar-refractivity contribution in [1.29, 1.82) is 0 Å². The van der Waals surface area contributed by atoms with Crippen LogP contribution in [-0.2, 0) is 9.53 Å². The summed E-state index contributed by atoms with van der Waals surface area (Å²) in [5, 5.41) is 6.14. The Morgan fingerprint density at radius 3 is 2.84 bits per heavy atom. The van der Waals surface area contributed by atoms with Crippen molar-refractivity contribution in [3.05, 3.63) is 0 Å². The first-order valence-corrected chi connectivity index (χ1v) is 6.35. The summed E-state index contributed by atoms with van der Waals surface area (Å²) >= 11 is 0. The van der Waals surface area contributed by atoms with Crippen LogP contribution in [0.4, 0.5) is 8.78 Å². The molecular weight excluding hydrogens is 278 g/mol. The molecule has 0 radical (unpaired) electrons. The Labute approximate surface area is 119 Å². The van der Waals surface area contributed by atoms with E-state index < -0.39 is 13.0 Å². The van der Waals surface area contributed by atoms with Gasteiger partial charge in [-0.1, -0.05) is 6.92 Å². The molecule has 19 heavy (non-hydrogen) atoms. The van der Waals surface area contributed by atoms with Gasteiger partial charge in [-0.25, -0.2) is 8.78 Å². The minimum absolute atomic E-state index is 0. The number of rotatable bonds is 7. The van der Waals surface area contributed by atoms with Crippen molar-refractivity contribution < 1.29 is 18.3 Å². The highest BCUT2D eigenvalue weighted by Crippen LogP contribution is 2.24. The van der Waals surface area contributed by atoms with Gasteiger partial charge in [0.2, 0.25) is 5.91 Å². The first-order valence-electron chi connectivity index (χ1n) is 6.35. The Hall–Kier alpha value is -0.460. The Bertz CT molecular complexity index is 262. The molecule has 1 rings (SSSR count). The number of ether oxygens (including phenoxy) is 1. The summed E-state index contributed by atoms with van der Waals surface area (Å²) in [5.74, 6) is -0.143. The van der Waals surface area contributed by atoms with Gasteiger partial charge in [0.25, 0.3) is 6.43 Å². The standard InChI is InChI=1S/C12H22F2N2O2.ClH/c1-12(4-2-5-15-8-12)9-16-11(17)3-6-18-7-10(13)14;/h10,15H,2-9H2,1H3,(H,16,17);1H. The third-order valence-corrected chi connectivity index (χ3v) is 3.12. The molecule has 1 heterocycles. The van der Waals surface area contributed by atoms with Crippen LogP contribution in [0.2, 0.25) is 0 Å². The largest absolute Gasteiger partial charge is 0.375 e. The first-order chi connectivity index (χ1) is 8.52. The molecule has 0 aromatic carbocycles. The van der Waals surface area contributed by atoms with E-state index in [0.717, 1.165) is 25.9 Å². The monoisotopic (exact) mass is 300 g/mol. The summed E-state index contributed by atoms with van der Waals surface area (Å²) in [5.41, 5.74) is 0.0950. The van der Waals surface area contributed by atoms with Crippen molar-refractivity contribution in [1.82, 2.24) is 10.6 Å². The molecule has 4 nitrogen and oxygen atoms in total. The number of hydrogen-bond acceptors (Lipinski definition) is 3. The molecule has 2 N–H and O–H groups in total. The minimum atomic E-state index is -2.47. The number of halogens is 3. The second-order valence-electron chi connectivity index (χ2n) is 5.08. The second kappa shape index (κ2) is 9.44. The number of carbonyl (C=O) groups is 1. The zero-order valence-electron chi connectivity index (χ0n) is 11.2. The topological polar surface area (TPSA) is 50.4 Å². The van der Waals surface area contributed by atoms with Crippen LogP contribution in [0, 0.1) is 5.41 Å². The third kappa shape index (κ3) is 8.34. The quantitative estimate of drug-likeness (QED) is 0.702. The van der Waals surface area contributed by atoms with Gasteiger partial charge in [-0.05, 0) is 24.8 Å². The molecule has 1 aliphatic rings. The summed E-state index contributed by atoms with van der Waals surface area (Å²) in [6, 6.07) is 0. The summed E-state index contributed by atoms with van der Waals surface area (Å²) in [7, 11) is 0. The zero-order valence-corrected chi connectivity index (χ0v) is 12.0. The van der Waals surface area contributed by atoms with E-state index in [1.54, 1.807) is 0 Å². The van der Waals surface area contributed by atoms with Gasteiger partial charge < -0.3 is 15.4 Å². The zero-order chi connectivity index (χ0) is 13.4. The first kappa shape index (κ1) is 18.5. The lowest BCUT2D eigenvalue weighted by atomic mass is 9.83. The second-order valence-corrected chi connectivity index (χ2v) is 5.08. The molecule has 0 spiro atoms. The van der Waals surface area contributed by atoms with Crippen LogP contribution in [0.5, 0.6) is 0 Å². The van der Waals surface area contributed by atoms with E-state index in [4.69, 9.17) is 0 Å². The summed E-state index contributed by atoms with van der Waals surface area (Å²) in [6.45, 7) is 4.13. The van der Waals surface area contributed by atoms with Crippen molar-refractivity contribution >= 4 is 18.3 Å². The molecule has 0 aromatic heterocycles. The summed E-state index contributed by atoms with van der Waals surface area (Å²) in [4.78, 5) is 11.5. The highest BCUT2D eigenvalue weighted by atomic mass is 35.5. The molecular formula is C12H23ClF2N2O2. The van der Waals surface area contributed by atoms with E-state index in [-0.39, 0.29) is 36.8 Å². The lowest BCUT2D eigenvalue weighted by Gasteiger charge is -2.34. The molecule has 1 fully saturated rings. The fourth-order valence-electron chi connectivity index (χ4n) is 2.01. The van der Waals surface area contributed by atoms with Crippen molar-refractivity contribution in [2.75, 3.05) is 32.8 Å². The molecule has 1 unspecified atom stereocenters. The smallest absolute Gasteiger partial charge is 0.261 e. The molecule has 1 aliphatic heterocycles. The van der Waals surface area contributed by atoms with Crippen LogP contribution in [0.3, 0.4) is 0 Å². The van der Waals surface area contributed by atoms with Crippen LogP contribution in [0.15, 0.2) is 0 Å². The van der Waals surface area contributed by atoms with Gasteiger partial charge in [-0.2, -0.15) is 0 Å². The number of hydrogen-bond donors (Lipinski definition) is 2. The third-order valence-electron chi connectivity index (χ3n) is 3.12. The van der Waals surface area contributed by atoms with Gasteiger partial charge in [0.05, 0.1) is 6.61 Å². The predicted molar refractivity (Wildman–Crippen MR) is 71.9 cm³/mol. The number of amides is 1. The normalized spacial score (nSPS) is 22.9. The Balaban J connectivity index is 0.00000324. The molecule has 1 amide bonds. The number of piperidine rings is 1. The summed E-state index contributed by atoms with van der Waals surface area (Å²) < 4.78 is 28.2. The Morgan fingerprint density at radius 1 is 1.53 bits per heavy atom. The van der Waals surface area contributed by atoms with E-state index in [0.29, 0.717) is 6.54 Å². The predicted octanol–water partition coefficient (Wildman–Crippen LogP) is 1.59.